The van der Waals surface area contributed by atoms with Crippen molar-refractivity contribution in [2.45, 2.75) is 96.8 Å². The first-order valence-corrected chi connectivity index (χ1v) is 12.3. The molecule has 1 aromatic rings. The Labute approximate surface area is 186 Å². The molecule has 0 heterocycles. The third kappa shape index (κ3) is 4.56. The summed E-state index contributed by atoms with van der Waals surface area (Å²) in [6.07, 6.45) is 18.7. The normalized spacial score (nSPS) is 23.9. The Kier molecular flexibility index (Phi) is 7.08. The summed E-state index contributed by atoms with van der Waals surface area (Å²) in [6, 6.07) is 9.12. The average Bonchev–Trinajstić information content (AvgIpc) is 3.24. The van der Waals surface area contributed by atoms with Crippen LogP contribution in [0, 0.1) is 5.92 Å². The molecule has 1 unspecified atom stereocenters. The Morgan fingerprint density at radius 2 is 1.80 bits per heavy atom. The first-order valence-electron chi connectivity index (χ1n) is 12.3. The number of hydrogen-bond acceptors (Lipinski definition) is 1. The van der Waals surface area contributed by atoms with Gasteiger partial charge in [-0.1, -0.05) is 73.6 Å². The van der Waals surface area contributed by atoms with Crippen molar-refractivity contribution >= 4 is 6.29 Å². The smallest absolute Gasteiger partial charge is 0.120 e. The second kappa shape index (κ2) is 9.94. The monoisotopic (exact) mass is 406 g/mol. The van der Waals surface area contributed by atoms with Crippen molar-refractivity contribution in [1.29, 1.82) is 0 Å². The lowest BCUT2D eigenvalue weighted by Crippen LogP contribution is -2.05. The van der Waals surface area contributed by atoms with E-state index in [-0.39, 0.29) is 2.85 Å². The number of benzene rings is 1. The maximum Gasteiger partial charge on any atom is 0.120 e. The van der Waals surface area contributed by atoms with Crippen molar-refractivity contribution < 1.29 is 7.65 Å². The molecule has 0 amide bonds. The minimum Gasteiger partial charge on any atom is -0.303 e. The van der Waals surface area contributed by atoms with Gasteiger partial charge in [-0.2, -0.15) is 0 Å². The van der Waals surface area contributed by atoms with Crippen molar-refractivity contribution in [1.82, 2.24) is 0 Å². The van der Waals surface area contributed by atoms with E-state index < -0.39 is 0 Å². The second-order valence-corrected chi connectivity index (χ2v) is 9.80. The molecule has 0 aliphatic heterocycles. The van der Waals surface area contributed by atoms with Gasteiger partial charge in [-0.15, -0.1) is 0 Å². The summed E-state index contributed by atoms with van der Waals surface area (Å²) in [5, 5.41) is 0. The summed E-state index contributed by atoms with van der Waals surface area (Å²) in [7, 11) is 0. The van der Waals surface area contributed by atoms with Crippen molar-refractivity contribution in [3.05, 3.63) is 69.3 Å². The highest BCUT2D eigenvalue weighted by Gasteiger charge is 2.31. The van der Waals surface area contributed by atoms with Crippen LogP contribution in [0.4, 0.5) is 0 Å². The van der Waals surface area contributed by atoms with E-state index in [2.05, 4.69) is 44.2 Å². The van der Waals surface area contributed by atoms with Crippen LogP contribution in [0.5, 0.6) is 0 Å². The molecule has 0 bridgehead atoms. The molecule has 0 aromatic heterocycles. The van der Waals surface area contributed by atoms with E-state index >= 15 is 0 Å². The molecule has 0 radical (unpaired) electrons. The Balaban J connectivity index is 0.000000283. The van der Waals surface area contributed by atoms with E-state index in [1.54, 1.807) is 39.0 Å². The minimum absolute atomic E-state index is 0. The third-order valence-electron chi connectivity index (χ3n) is 7.86. The highest BCUT2D eigenvalue weighted by atomic mass is 16.1. The molecular formula is C29H42O. The molecule has 0 saturated heterocycles. The molecular weight excluding hydrogens is 364 g/mol. The van der Waals surface area contributed by atoms with Gasteiger partial charge in [0.25, 0.3) is 0 Å². The van der Waals surface area contributed by atoms with Crippen LogP contribution in [0.3, 0.4) is 0 Å². The van der Waals surface area contributed by atoms with Crippen LogP contribution >= 0.6 is 0 Å². The predicted octanol–water partition coefficient (Wildman–Crippen LogP) is 8.51. The molecule has 5 rings (SSSR count). The Hall–Kier alpha value is -1.89. The number of hydrogen-bond donors (Lipinski definition) is 0. The number of rotatable bonds is 3. The highest BCUT2D eigenvalue weighted by molar-refractivity contribution is 5.60. The average molecular weight is 407 g/mol. The molecule has 1 nitrogen and oxygen atoms in total. The maximum absolute atomic E-state index is 10.1. The molecule has 30 heavy (non-hydrogen) atoms. The van der Waals surface area contributed by atoms with Gasteiger partial charge in [0.1, 0.15) is 6.29 Å². The van der Waals surface area contributed by atoms with Crippen LogP contribution in [0.1, 0.15) is 104 Å². The molecule has 164 valence electrons. The molecule has 1 aromatic carbocycles. The van der Waals surface area contributed by atoms with E-state index in [9.17, 15) is 4.79 Å². The van der Waals surface area contributed by atoms with E-state index in [0.29, 0.717) is 5.92 Å². The van der Waals surface area contributed by atoms with Gasteiger partial charge in [-0.3, -0.25) is 0 Å². The summed E-state index contributed by atoms with van der Waals surface area (Å²) >= 11 is 0. The van der Waals surface area contributed by atoms with E-state index in [1.165, 1.54) is 70.6 Å². The first kappa shape index (κ1) is 21.3. The van der Waals surface area contributed by atoms with Crippen molar-refractivity contribution in [3.63, 3.8) is 0 Å². The summed E-state index contributed by atoms with van der Waals surface area (Å²) in [6.45, 7) is 4.66. The summed E-state index contributed by atoms with van der Waals surface area (Å²) in [5.41, 5.74) is 11.4. The standard InChI is InChI=1S/C21H24.C8H14O.2H2/c1-14-13-17-8-4-6-10-20(21(17)15(14)2)19-12-11-16-7-3-5-9-18(16)19;9-7-6-8-4-2-1-3-5-8;;/h3,5,7-9,19H,4,6,10-13H2,1-2H3;7-8H,1-6H2;2*1H. The van der Waals surface area contributed by atoms with Gasteiger partial charge in [-0.05, 0) is 86.1 Å². The van der Waals surface area contributed by atoms with Crippen molar-refractivity contribution in [3.8, 4) is 0 Å². The van der Waals surface area contributed by atoms with Crippen LogP contribution in [0.25, 0.3) is 0 Å². The quantitative estimate of drug-likeness (QED) is 0.460. The fourth-order valence-electron chi connectivity index (χ4n) is 6.10. The van der Waals surface area contributed by atoms with Crippen LogP contribution in [-0.4, -0.2) is 6.29 Å². The molecule has 1 atom stereocenters. The number of aryl methyl sites for hydroxylation is 1. The van der Waals surface area contributed by atoms with Crippen molar-refractivity contribution in [2.75, 3.05) is 0 Å². The number of allylic oxidation sites excluding steroid dienone is 6. The minimum atomic E-state index is 0. The molecule has 1 saturated carbocycles. The van der Waals surface area contributed by atoms with Crippen LogP contribution in [0.15, 0.2) is 58.2 Å². The van der Waals surface area contributed by atoms with Gasteiger partial charge in [0, 0.05) is 15.2 Å². The fraction of sp³-hybridized carbons (Fsp3) is 0.552. The van der Waals surface area contributed by atoms with Crippen LogP contribution < -0.4 is 0 Å². The molecule has 1 fully saturated rings. The number of aldehydes is 1. The predicted molar refractivity (Wildman–Crippen MR) is 131 cm³/mol. The van der Waals surface area contributed by atoms with Gasteiger partial charge in [-0.25, -0.2) is 0 Å². The first-order chi connectivity index (χ1) is 14.7. The van der Waals surface area contributed by atoms with Gasteiger partial charge in [0.05, 0.1) is 0 Å². The number of carbonyl (C=O) groups excluding carboxylic acids is 1. The molecule has 1 heteroatoms. The van der Waals surface area contributed by atoms with Crippen LogP contribution in [-0.2, 0) is 11.2 Å². The van der Waals surface area contributed by atoms with Gasteiger partial charge >= 0.3 is 0 Å². The summed E-state index contributed by atoms with van der Waals surface area (Å²) in [5.74, 6) is 1.41. The Bertz CT molecular complexity index is 871. The third-order valence-corrected chi connectivity index (χ3v) is 7.86. The Morgan fingerprint density at radius 1 is 1.00 bits per heavy atom. The highest BCUT2D eigenvalue weighted by Crippen LogP contribution is 2.48. The van der Waals surface area contributed by atoms with E-state index in [0.717, 1.165) is 18.6 Å². The van der Waals surface area contributed by atoms with Gasteiger partial charge in [0.2, 0.25) is 0 Å². The van der Waals surface area contributed by atoms with E-state index in [4.69, 9.17) is 0 Å². The van der Waals surface area contributed by atoms with Gasteiger partial charge in [0.15, 0.2) is 0 Å². The molecule has 4 aliphatic carbocycles. The lowest BCUT2D eigenvalue weighted by Gasteiger charge is -2.20. The topological polar surface area (TPSA) is 17.1 Å². The number of carbonyl (C=O) groups is 1. The zero-order valence-electron chi connectivity index (χ0n) is 19.0. The summed E-state index contributed by atoms with van der Waals surface area (Å²) in [4.78, 5) is 10.1. The van der Waals surface area contributed by atoms with Crippen molar-refractivity contribution in [2.24, 2.45) is 5.92 Å². The second-order valence-electron chi connectivity index (χ2n) is 9.80. The fourth-order valence-corrected chi connectivity index (χ4v) is 6.10. The summed E-state index contributed by atoms with van der Waals surface area (Å²) < 4.78 is 0. The molecule has 0 spiro atoms. The lowest BCUT2D eigenvalue weighted by atomic mass is 9.84. The Morgan fingerprint density at radius 3 is 2.60 bits per heavy atom. The maximum atomic E-state index is 10.1. The van der Waals surface area contributed by atoms with Gasteiger partial charge < -0.3 is 4.79 Å². The molecule has 4 aliphatic rings. The van der Waals surface area contributed by atoms with Crippen LogP contribution in [0.2, 0.25) is 0 Å². The molecule has 0 N–H and O–H groups in total. The zero-order chi connectivity index (χ0) is 20.9. The zero-order valence-corrected chi connectivity index (χ0v) is 19.0. The largest absolute Gasteiger partial charge is 0.303 e. The SMILES string of the molecule is CC1=C(C)C2=C(C3CCc4ccccc43)CCCC=C2C1.O=CCC1CCCCC1.[HH].[HH]. The van der Waals surface area contributed by atoms with E-state index in [1.807, 2.05) is 0 Å². The lowest BCUT2D eigenvalue weighted by molar-refractivity contribution is -0.108. The number of fused-ring (bicyclic) bond motifs is 2.